The summed E-state index contributed by atoms with van der Waals surface area (Å²) >= 11 is 12.1. The highest BCUT2D eigenvalue weighted by Gasteiger charge is 2.25. The van der Waals surface area contributed by atoms with E-state index in [0.29, 0.717) is 17.0 Å². The maximum Gasteiger partial charge on any atom is 0.139 e. The smallest absolute Gasteiger partial charge is 0.139 e. The van der Waals surface area contributed by atoms with Gasteiger partial charge in [-0.3, -0.25) is 0 Å². The lowest BCUT2D eigenvalue weighted by Crippen LogP contribution is -2.10. The van der Waals surface area contributed by atoms with Crippen LogP contribution in [0.5, 0.6) is 5.75 Å². The average Bonchev–Trinajstić information content (AvgIpc) is 3.07. The van der Waals surface area contributed by atoms with Crippen LogP contribution in [0.4, 0.5) is 0 Å². The van der Waals surface area contributed by atoms with Crippen LogP contribution in [0, 0.1) is 0 Å². The van der Waals surface area contributed by atoms with Crippen molar-refractivity contribution in [1.82, 2.24) is 5.43 Å². The number of benzene rings is 3. The van der Waals surface area contributed by atoms with Crippen LogP contribution in [0.2, 0.25) is 10.0 Å². The largest absolute Gasteiger partial charge is 0.506 e. The third kappa shape index (κ3) is 2.70. The first kappa shape index (κ1) is 15.3. The molecule has 120 valence electrons. The molecule has 1 aliphatic heterocycles. The quantitative estimate of drug-likeness (QED) is 0.654. The van der Waals surface area contributed by atoms with E-state index in [1.54, 1.807) is 6.07 Å². The van der Waals surface area contributed by atoms with E-state index < -0.39 is 0 Å². The Morgan fingerprint density at radius 2 is 1.79 bits per heavy atom. The molecule has 3 aromatic carbocycles. The van der Waals surface area contributed by atoms with Crippen molar-refractivity contribution < 1.29 is 5.11 Å². The molecule has 0 fully saturated rings. The average molecular weight is 357 g/mol. The van der Waals surface area contributed by atoms with Crippen LogP contribution in [0.3, 0.4) is 0 Å². The molecule has 4 rings (SSSR count). The van der Waals surface area contributed by atoms with Gasteiger partial charge >= 0.3 is 0 Å². The zero-order valence-corrected chi connectivity index (χ0v) is 14.1. The van der Waals surface area contributed by atoms with Crippen LogP contribution in [0.1, 0.15) is 23.6 Å². The summed E-state index contributed by atoms with van der Waals surface area (Å²) in [5.41, 5.74) is 5.75. The van der Waals surface area contributed by atoms with Gasteiger partial charge in [0.1, 0.15) is 5.75 Å². The predicted octanol–water partition coefficient (Wildman–Crippen LogP) is 5.29. The number of halogens is 2. The molecule has 0 aliphatic carbocycles. The minimum absolute atomic E-state index is 0.0496. The van der Waals surface area contributed by atoms with Crippen molar-refractivity contribution >= 4 is 39.7 Å². The third-order valence-corrected chi connectivity index (χ3v) is 4.77. The van der Waals surface area contributed by atoms with Crippen LogP contribution in [0.15, 0.2) is 59.7 Å². The van der Waals surface area contributed by atoms with Gasteiger partial charge in [0, 0.05) is 17.0 Å². The zero-order valence-electron chi connectivity index (χ0n) is 12.6. The lowest BCUT2D eigenvalue weighted by atomic mass is 9.97. The van der Waals surface area contributed by atoms with Crippen molar-refractivity contribution in [3.63, 3.8) is 0 Å². The van der Waals surface area contributed by atoms with Crippen LogP contribution in [0.25, 0.3) is 10.8 Å². The normalized spacial score (nSPS) is 16.9. The Labute approximate surface area is 149 Å². The van der Waals surface area contributed by atoms with Gasteiger partial charge in [0.25, 0.3) is 0 Å². The molecule has 1 aliphatic rings. The maximum absolute atomic E-state index is 10.2. The summed E-state index contributed by atoms with van der Waals surface area (Å²) in [5.74, 6) is 0.0496. The first-order valence-electron chi connectivity index (χ1n) is 7.61. The summed E-state index contributed by atoms with van der Waals surface area (Å²) in [6, 6.07) is 17.6. The van der Waals surface area contributed by atoms with Crippen LogP contribution < -0.4 is 5.43 Å². The third-order valence-electron chi connectivity index (χ3n) is 4.27. The van der Waals surface area contributed by atoms with Crippen LogP contribution in [-0.2, 0) is 0 Å². The predicted molar refractivity (Wildman–Crippen MR) is 99.1 cm³/mol. The van der Waals surface area contributed by atoms with E-state index in [-0.39, 0.29) is 16.8 Å². The molecular formula is C19H14Cl2N2O. The Bertz CT molecular complexity index is 969. The first-order chi connectivity index (χ1) is 11.6. The zero-order chi connectivity index (χ0) is 16.7. The van der Waals surface area contributed by atoms with Gasteiger partial charge in [0.15, 0.2) is 0 Å². The van der Waals surface area contributed by atoms with Crippen molar-refractivity contribution in [2.24, 2.45) is 5.10 Å². The maximum atomic E-state index is 10.2. The van der Waals surface area contributed by atoms with Crippen LogP contribution in [-0.4, -0.2) is 10.8 Å². The van der Waals surface area contributed by atoms with Crippen molar-refractivity contribution in [3.8, 4) is 5.75 Å². The van der Waals surface area contributed by atoms with Gasteiger partial charge in [-0.1, -0.05) is 59.6 Å². The summed E-state index contributed by atoms with van der Waals surface area (Å²) in [6.45, 7) is 0. The molecule has 0 radical (unpaired) electrons. The molecule has 0 saturated heterocycles. The monoisotopic (exact) mass is 356 g/mol. The molecule has 0 aromatic heterocycles. The van der Waals surface area contributed by atoms with E-state index in [2.05, 4.69) is 40.9 Å². The Balaban J connectivity index is 1.64. The summed E-state index contributed by atoms with van der Waals surface area (Å²) in [7, 11) is 0. The van der Waals surface area contributed by atoms with Gasteiger partial charge in [-0.15, -0.1) is 0 Å². The number of phenols is 1. The molecule has 1 unspecified atom stereocenters. The van der Waals surface area contributed by atoms with E-state index in [1.807, 2.05) is 12.1 Å². The Hall–Kier alpha value is -2.23. The fourth-order valence-corrected chi connectivity index (χ4v) is 3.53. The summed E-state index contributed by atoms with van der Waals surface area (Å²) < 4.78 is 0. The molecule has 3 aromatic rings. The second kappa shape index (κ2) is 6.00. The number of nitrogens with zero attached hydrogens (tertiary/aromatic N) is 1. The summed E-state index contributed by atoms with van der Waals surface area (Å²) in [4.78, 5) is 0. The van der Waals surface area contributed by atoms with Gasteiger partial charge in [-0.05, 0) is 34.5 Å². The highest BCUT2D eigenvalue weighted by atomic mass is 35.5. The van der Waals surface area contributed by atoms with Gasteiger partial charge in [-0.25, -0.2) is 0 Å². The molecule has 0 saturated carbocycles. The molecule has 0 bridgehead atoms. The lowest BCUT2D eigenvalue weighted by Gasteiger charge is -2.13. The summed E-state index contributed by atoms with van der Waals surface area (Å²) in [5, 5.41) is 17.8. The highest BCUT2D eigenvalue weighted by Crippen LogP contribution is 2.38. The standard InChI is InChI=1S/C19H14Cl2N2O/c20-14-8-15(19(24)16(21)9-14)18-10-17(22-23-18)13-6-5-11-3-1-2-4-12(11)7-13/h1-9,18,23-24H,10H2. The van der Waals surface area contributed by atoms with E-state index in [4.69, 9.17) is 23.2 Å². The molecule has 0 amide bonds. The Kier molecular flexibility index (Phi) is 3.83. The molecular weight excluding hydrogens is 343 g/mol. The number of nitrogens with one attached hydrogen (secondary N) is 1. The van der Waals surface area contributed by atoms with Crippen molar-refractivity contribution in [1.29, 1.82) is 0 Å². The molecule has 0 spiro atoms. The molecule has 1 atom stereocenters. The Morgan fingerprint density at radius 3 is 2.62 bits per heavy atom. The minimum Gasteiger partial charge on any atom is -0.506 e. The number of fused-ring (bicyclic) bond motifs is 1. The SMILES string of the molecule is Oc1c(Cl)cc(Cl)cc1C1CC(c2ccc3ccccc3c2)=NN1. The molecule has 3 nitrogen and oxygen atoms in total. The number of aromatic hydroxyl groups is 1. The fraction of sp³-hybridized carbons (Fsp3) is 0.105. The fourth-order valence-electron chi connectivity index (χ4n) is 3.02. The number of hydrazone groups is 1. The molecule has 2 N–H and O–H groups in total. The number of rotatable bonds is 2. The van der Waals surface area contributed by atoms with Gasteiger partial charge in [-0.2, -0.15) is 5.10 Å². The first-order valence-corrected chi connectivity index (χ1v) is 8.36. The Morgan fingerprint density at radius 1 is 1.00 bits per heavy atom. The lowest BCUT2D eigenvalue weighted by molar-refractivity contribution is 0.456. The molecule has 24 heavy (non-hydrogen) atoms. The second-order valence-electron chi connectivity index (χ2n) is 5.83. The molecule has 1 heterocycles. The number of hydrogen-bond donors (Lipinski definition) is 2. The number of hydrogen-bond acceptors (Lipinski definition) is 3. The van der Waals surface area contributed by atoms with E-state index in [1.165, 1.54) is 16.8 Å². The topological polar surface area (TPSA) is 44.6 Å². The van der Waals surface area contributed by atoms with Crippen LogP contribution >= 0.6 is 23.2 Å². The van der Waals surface area contributed by atoms with Crippen molar-refractivity contribution in [3.05, 3.63) is 75.8 Å². The molecule has 5 heteroatoms. The van der Waals surface area contributed by atoms with Gasteiger partial charge in [0.05, 0.1) is 16.8 Å². The van der Waals surface area contributed by atoms with E-state index in [9.17, 15) is 5.11 Å². The second-order valence-corrected chi connectivity index (χ2v) is 6.68. The number of phenolic OH excluding ortho intramolecular Hbond substituents is 1. The van der Waals surface area contributed by atoms with Gasteiger partial charge < -0.3 is 10.5 Å². The van der Waals surface area contributed by atoms with E-state index >= 15 is 0 Å². The van der Waals surface area contributed by atoms with Gasteiger partial charge in [0.2, 0.25) is 0 Å². The van der Waals surface area contributed by atoms with Crippen molar-refractivity contribution in [2.75, 3.05) is 0 Å². The minimum atomic E-state index is -0.150. The summed E-state index contributed by atoms with van der Waals surface area (Å²) in [6.07, 6.45) is 0.655. The van der Waals surface area contributed by atoms with E-state index in [0.717, 1.165) is 11.3 Å². The van der Waals surface area contributed by atoms with Crippen molar-refractivity contribution in [2.45, 2.75) is 12.5 Å². The highest BCUT2D eigenvalue weighted by molar-refractivity contribution is 6.35.